The van der Waals surface area contributed by atoms with Gasteiger partial charge in [-0.2, -0.15) is 0 Å². The lowest BCUT2D eigenvalue weighted by Crippen LogP contribution is -2.22. The number of nitro groups is 1. The zero-order valence-electron chi connectivity index (χ0n) is 11.2. The standard InChI is InChI=1S/C13H14FNO5/c1-13(2,3)20-12(17)7-11(16)9-6-8(15(18)19)4-5-10(9)14/h4-7,16H,1-3H3/b11-7-. The molecule has 0 radical (unpaired) electrons. The molecule has 0 spiro atoms. The number of esters is 1. The van der Waals surface area contributed by atoms with Crippen molar-refractivity contribution in [3.05, 3.63) is 45.8 Å². The number of aliphatic hydroxyl groups is 1. The molecule has 0 bridgehead atoms. The highest BCUT2D eigenvalue weighted by molar-refractivity contribution is 5.89. The van der Waals surface area contributed by atoms with Crippen LogP contribution in [0.25, 0.3) is 5.76 Å². The fraction of sp³-hybridized carbons (Fsp3) is 0.308. The molecule has 7 heteroatoms. The van der Waals surface area contributed by atoms with Gasteiger partial charge in [0.25, 0.3) is 5.69 Å². The number of aliphatic hydroxyl groups excluding tert-OH is 1. The van der Waals surface area contributed by atoms with Gasteiger partial charge in [0.1, 0.15) is 17.2 Å². The Hall–Kier alpha value is -2.44. The Morgan fingerprint density at radius 1 is 1.45 bits per heavy atom. The predicted octanol–water partition coefficient (Wildman–Crippen LogP) is 2.97. The minimum atomic E-state index is -0.882. The summed E-state index contributed by atoms with van der Waals surface area (Å²) in [6, 6.07) is 2.64. The first kappa shape index (κ1) is 15.6. The van der Waals surface area contributed by atoms with Gasteiger partial charge in [-0.15, -0.1) is 0 Å². The van der Waals surface area contributed by atoms with Gasteiger partial charge >= 0.3 is 5.97 Å². The minimum absolute atomic E-state index is 0.398. The lowest BCUT2D eigenvalue weighted by molar-refractivity contribution is -0.384. The first-order valence-corrected chi connectivity index (χ1v) is 5.68. The number of non-ortho nitro benzene ring substituents is 1. The summed E-state index contributed by atoms with van der Waals surface area (Å²) in [7, 11) is 0. The first-order chi connectivity index (χ1) is 9.10. The summed E-state index contributed by atoms with van der Waals surface area (Å²) in [6.45, 7) is 4.89. The third-order valence-electron chi connectivity index (χ3n) is 2.10. The van der Waals surface area contributed by atoms with Gasteiger partial charge in [-0.25, -0.2) is 9.18 Å². The molecule has 6 nitrogen and oxygen atoms in total. The van der Waals surface area contributed by atoms with Gasteiger partial charge in [0.2, 0.25) is 0 Å². The average molecular weight is 283 g/mol. The highest BCUT2D eigenvalue weighted by Gasteiger charge is 2.18. The van der Waals surface area contributed by atoms with Crippen molar-refractivity contribution in [3.63, 3.8) is 0 Å². The van der Waals surface area contributed by atoms with E-state index in [1.165, 1.54) is 0 Å². The highest BCUT2D eigenvalue weighted by Crippen LogP contribution is 2.22. The molecule has 0 aliphatic heterocycles. The van der Waals surface area contributed by atoms with E-state index < -0.39 is 39.3 Å². The van der Waals surface area contributed by atoms with Crippen LogP contribution in [-0.2, 0) is 9.53 Å². The molecule has 108 valence electrons. The normalized spacial score (nSPS) is 12.1. The van der Waals surface area contributed by atoms with Crippen LogP contribution in [0, 0.1) is 15.9 Å². The maximum Gasteiger partial charge on any atom is 0.335 e. The molecule has 1 N–H and O–H groups in total. The van der Waals surface area contributed by atoms with E-state index in [9.17, 15) is 24.4 Å². The highest BCUT2D eigenvalue weighted by atomic mass is 19.1. The van der Waals surface area contributed by atoms with Gasteiger partial charge in [0, 0.05) is 12.1 Å². The third-order valence-corrected chi connectivity index (χ3v) is 2.10. The lowest BCUT2D eigenvalue weighted by Gasteiger charge is -2.18. The Labute approximate surface area is 114 Å². The quantitative estimate of drug-likeness (QED) is 0.303. The van der Waals surface area contributed by atoms with Crippen LogP contribution in [0.3, 0.4) is 0 Å². The summed E-state index contributed by atoms with van der Waals surface area (Å²) in [4.78, 5) is 21.3. The van der Waals surface area contributed by atoms with E-state index in [0.29, 0.717) is 6.08 Å². The van der Waals surface area contributed by atoms with Crippen molar-refractivity contribution in [1.82, 2.24) is 0 Å². The minimum Gasteiger partial charge on any atom is -0.507 e. The Balaban J connectivity index is 3.08. The number of rotatable bonds is 3. The van der Waals surface area contributed by atoms with Crippen molar-refractivity contribution in [3.8, 4) is 0 Å². The molecule has 0 heterocycles. The van der Waals surface area contributed by atoms with Crippen molar-refractivity contribution in [2.24, 2.45) is 0 Å². The molecule has 0 aromatic heterocycles. The summed E-state index contributed by atoms with van der Waals surface area (Å²) in [5.74, 6) is -2.49. The molecule has 0 saturated heterocycles. The maximum absolute atomic E-state index is 13.5. The molecular weight excluding hydrogens is 269 g/mol. The van der Waals surface area contributed by atoms with E-state index in [-0.39, 0.29) is 0 Å². The van der Waals surface area contributed by atoms with Crippen molar-refractivity contribution in [2.45, 2.75) is 26.4 Å². The van der Waals surface area contributed by atoms with E-state index in [2.05, 4.69) is 0 Å². The van der Waals surface area contributed by atoms with Crippen LogP contribution in [-0.4, -0.2) is 21.6 Å². The summed E-state index contributed by atoms with van der Waals surface area (Å²) in [5.41, 5.74) is -1.61. The molecule has 0 fully saturated rings. The summed E-state index contributed by atoms with van der Waals surface area (Å²) in [5, 5.41) is 20.3. The Morgan fingerprint density at radius 3 is 2.55 bits per heavy atom. The number of hydrogen-bond acceptors (Lipinski definition) is 5. The topological polar surface area (TPSA) is 89.7 Å². The molecule has 0 saturated carbocycles. The van der Waals surface area contributed by atoms with Gasteiger partial charge in [0.05, 0.1) is 16.6 Å². The van der Waals surface area contributed by atoms with Crippen LogP contribution in [0.2, 0.25) is 0 Å². The Bertz CT molecular complexity index is 575. The molecule has 0 aliphatic carbocycles. The van der Waals surface area contributed by atoms with Gasteiger partial charge in [0.15, 0.2) is 0 Å². The molecule has 20 heavy (non-hydrogen) atoms. The van der Waals surface area contributed by atoms with E-state index in [0.717, 1.165) is 18.2 Å². The molecule has 0 unspecified atom stereocenters. The van der Waals surface area contributed by atoms with Crippen LogP contribution < -0.4 is 0 Å². The van der Waals surface area contributed by atoms with Crippen LogP contribution >= 0.6 is 0 Å². The summed E-state index contributed by atoms with van der Waals surface area (Å²) < 4.78 is 18.4. The SMILES string of the molecule is CC(C)(C)OC(=O)/C=C(\O)c1cc([N+](=O)[O-])ccc1F. The summed E-state index contributed by atoms with van der Waals surface area (Å²) >= 11 is 0. The van der Waals surface area contributed by atoms with Gasteiger partial charge in [-0.3, -0.25) is 10.1 Å². The second-order valence-corrected chi connectivity index (χ2v) is 4.98. The largest absolute Gasteiger partial charge is 0.507 e. The molecule has 1 aromatic rings. The maximum atomic E-state index is 13.5. The van der Waals surface area contributed by atoms with E-state index in [1.54, 1.807) is 20.8 Å². The number of nitro benzene ring substituents is 1. The predicted molar refractivity (Wildman–Crippen MR) is 69.5 cm³/mol. The third kappa shape index (κ3) is 4.34. The zero-order chi connectivity index (χ0) is 15.5. The van der Waals surface area contributed by atoms with Crippen LogP contribution in [0.4, 0.5) is 10.1 Å². The van der Waals surface area contributed by atoms with Crippen molar-refractivity contribution >= 4 is 17.4 Å². The molecule has 0 atom stereocenters. The molecule has 1 aromatic carbocycles. The number of benzene rings is 1. The fourth-order valence-electron chi connectivity index (χ4n) is 1.34. The van der Waals surface area contributed by atoms with Crippen molar-refractivity contribution in [2.75, 3.05) is 0 Å². The fourth-order valence-corrected chi connectivity index (χ4v) is 1.34. The lowest BCUT2D eigenvalue weighted by atomic mass is 10.1. The van der Waals surface area contributed by atoms with Crippen LogP contribution in [0.5, 0.6) is 0 Å². The molecule has 1 rings (SSSR count). The van der Waals surface area contributed by atoms with Crippen molar-refractivity contribution < 1.29 is 24.0 Å². The zero-order valence-corrected chi connectivity index (χ0v) is 11.2. The Morgan fingerprint density at radius 2 is 2.05 bits per heavy atom. The number of carbonyl (C=O) groups excluding carboxylic acids is 1. The smallest absolute Gasteiger partial charge is 0.335 e. The monoisotopic (exact) mass is 283 g/mol. The molecule has 0 amide bonds. The van der Waals surface area contributed by atoms with Gasteiger partial charge < -0.3 is 9.84 Å². The van der Waals surface area contributed by atoms with Crippen LogP contribution in [0.15, 0.2) is 24.3 Å². The second-order valence-electron chi connectivity index (χ2n) is 4.98. The summed E-state index contributed by atoms with van der Waals surface area (Å²) in [6.07, 6.45) is 0.674. The number of nitrogens with zero attached hydrogens (tertiary/aromatic N) is 1. The van der Waals surface area contributed by atoms with E-state index >= 15 is 0 Å². The Kier molecular flexibility index (Phi) is 4.44. The van der Waals surface area contributed by atoms with Gasteiger partial charge in [-0.05, 0) is 26.8 Å². The first-order valence-electron chi connectivity index (χ1n) is 5.68. The number of ether oxygens (including phenoxy) is 1. The second kappa shape index (κ2) is 5.68. The van der Waals surface area contributed by atoms with E-state index in [4.69, 9.17) is 4.74 Å². The number of halogens is 1. The van der Waals surface area contributed by atoms with Crippen LogP contribution in [0.1, 0.15) is 26.3 Å². The number of hydrogen-bond donors (Lipinski definition) is 1. The van der Waals surface area contributed by atoms with E-state index in [1.807, 2.05) is 0 Å². The molecule has 0 aliphatic rings. The average Bonchev–Trinajstić information content (AvgIpc) is 2.26. The molecular formula is C13H14FNO5. The van der Waals surface area contributed by atoms with Gasteiger partial charge in [-0.1, -0.05) is 0 Å². The van der Waals surface area contributed by atoms with Crippen molar-refractivity contribution in [1.29, 1.82) is 0 Å². The number of carbonyl (C=O) groups is 1.